The number of guanidine groups is 1. The molecule has 1 aliphatic heterocycles. The highest BCUT2D eigenvalue weighted by Crippen LogP contribution is 2.43. The largest absolute Gasteiger partial charge is 0.370 e. The molecule has 122 valence electrons. The van der Waals surface area contributed by atoms with Crippen LogP contribution in [0.25, 0.3) is 0 Å². The van der Waals surface area contributed by atoms with Crippen LogP contribution in [-0.2, 0) is 5.41 Å². The SMILES string of the molecule is CC1CCCN(C(N)=NCC2(c3ccccc3)CCC2)C1.I. The zero-order valence-corrected chi connectivity index (χ0v) is 15.8. The Hall–Kier alpha value is -0.780. The summed E-state index contributed by atoms with van der Waals surface area (Å²) in [7, 11) is 0. The summed E-state index contributed by atoms with van der Waals surface area (Å²) in [5.74, 6) is 1.49. The van der Waals surface area contributed by atoms with Crippen molar-refractivity contribution in [3.8, 4) is 0 Å². The Balaban J connectivity index is 0.00000176. The molecule has 1 heterocycles. The van der Waals surface area contributed by atoms with Crippen molar-refractivity contribution in [1.29, 1.82) is 0 Å². The van der Waals surface area contributed by atoms with E-state index in [1.54, 1.807) is 0 Å². The molecule has 0 amide bonds. The van der Waals surface area contributed by atoms with Crippen LogP contribution < -0.4 is 5.73 Å². The van der Waals surface area contributed by atoms with Gasteiger partial charge in [0.05, 0.1) is 6.54 Å². The topological polar surface area (TPSA) is 41.6 Å². The first-order valence-corrected chi connectivity index (χ1v) is 8.30. The Labute approximate surface area is 151 Å². The number of hydrogen-bond donors (Lipinski definition) is 1. The van der Waals surface area contributed by atoms with Gasteiger partial charge in [-0.15, -0.1) is 24.0 Å². The highest BCUT2D eigenvalue weighted by molar-refractivity contribution is 14.0. The number of nitrogens with two attached hydrogens (primary N) is 1. The fourth-order valence-corrected chi connectivity index (χ4v) is 3.66. The van der Waals surface area contributed by atoms with Gasteiger partial charge in [0.15, 0.2) is 5.96 Å². The normalized spacial score (nSPS) is 24.3. The molecule has 0 spiro atoms. The maximum atomic E-state index is 6.25. The zero-order valence-electron chi connectivity index (χ0n) is 13.5. The van der Waals surface area contributed by atoms with Crippen molar-refractivity contribution in [3.63, 3.8) is 0 Å². The summed E-state index contributed by atoms with van der Waals surface area (Å²) in [5, 5.41) is 0. The summed E-state index contributed by atoms with van der Waals surface area (Å²) >= 11 is 0. The van der Waals surface area contributed by atoms with Crippen LogP contribution in [0.4, 0.5) is 0 Å². The number of piperidine rings is 1. The molecule has 0 radical (unpaired) electrons. The number of benzene rings is 1. The second kappa shape index (κ2) is 7.66. The standard InChI is InChI=1S/C18H27N3.HI/c1-15-7-5-12-21(13-15)17(19)20-14-18(10-6-11-18)16-8-3-2-4-9-16;/h2-4,8-9,15H,5-7,10-14H2,1H3,(H2,19,20);1H. The van der Waals surface area contributed by atoms with Crippen LogP contribution in [0.1, 0.15) is 44.6 Å². The minimum absolute atomic E-state index is 0. The number of likely N-dealkylation sites (tertiary alicyclic amines) is 1. The van der Waals surface area contributed by atoms with Crippen LogP contribution in [0.15, 0.2) is 35.3 Å². The van der Waals surface area contributed by atoms with Crippen LogP contribution in [0, 0.1) is 5.92 Å². The number of halogens is 1. The maximum Gasteiger partial charge on any atom is 0.191 e. The first-order valence-electron chi connectivity index (χ1n) is 8.30. The molecule has 2 fully saturated rings. The lowest BCUT2D eigenvalue weighted by Gasteiger charge is -2.41. The highest BCUT2D eigenvalue weighted by Gasteiger charge is 2.38. The second-order valence-corrected chi connectivity index (χ2v) is 6.87. The van der Waals surface area contributed by atoms with Crippen molar-refractivity contribution < 1.29 is 0 Å². The molecular weight excluding hydrogens is 385 g/mol. The van der Waals surface area contributed by atoms with Crippen molar-refractivity contribution in [2.45, 2.75) is 44.4 Å². The van der Waals surface area contributed by atoms with E-state index in [9.17, 15) is 0 Å². The van der Waals surface area contributed by atoms with Crippen LogP contribution in [0.5, 0.6) is 0 Å². The third-order valence-electron chi connectivity index (χ3n) is 5.22. The fraction of sp³-hybridized carbons (Fsp3) is 0.611. The Morgan fingerprint density at radius 2 is 2.00 bits per heavy atom. The molecule has 3 rings (SSSR count). The van der Waals surface area contributed by atoms with Crippen molar-refractivity contribution in [3.05, 3.63) is 35.9 Å². The molecule has 1 saturated heterocycles. The van der Waals surface area contributed by atoms with E-state index in [4.69, 9.17) is 10.7 Å². The minimum atomic E-state index is 0. The summed E-state index contributed by atoms with van der Waals surface area (Å²) in [6, 6.07) is 10.8. The van der Waals surface area contributed by atoms with Gasteiger partial charge < -0.3 is 10.6 Å². The molecule has 1 aromatic rings. The summed E-state index contributed by atoms with van der Waals surface area (Å²) in [6.45, 7) is 5.27. The number of rotatable bonds is 3. The van der Waals surface area contributed by atoms with Gasteiger partial charge >= 0.3 is 0 Å². The summed E-state index contributed by atoms with van der Waals surface area (Å²) < 4.78 is 0. The average Bonchev–Trinajstić information content (AvgIpc) is 2.47. The molecule has 1 atom stereocenters. The predicted octanol–water partition coefficient (Wildman–Crippen LogP) is 3.77. The number of nitrogens with zero attached hydrogens (tertiary/aromatic N) is 2. The van der Waals surface area contributed by atoms with E-state index in [0.29, 0.717) is 0 Å². The van der Waals surface area contributed by atoms with Crippen LogP contribution in [0.3, 0.4) is 0 Å². The van der Waals surface area contributed by atoms with E-state index in [1.807, 2.05) is 0 Å². The second-order valence-electron chi connectivity index (χ2n) is 6.87. The predicted molar refractivity (Wildman–Crippen MR) is 104 cm³/mol. The molecule has 4 heteroatoms. The Morgan fingerprint density at radius 3 is 2.59 bits per heavy atom. The Morgan fingerprint density at radius 1 is 1.27 bits per heavy atom. The first kappa shape index (κ1) is 17.6. The molecule has 2 N–H and O–H groups in total. The van der Waals surface area contributed by atoms with Crippen LogP contribution in [-0.4, -0.2) is 30.5 Å². The van der Waals surface area contributed by atoms with E-state index >= 15 is 0 Å². The van der Waals surface area contributed by atoms with Crippen LogP contribution in [0.2, 0.25) is 0 Å². The quantitative estimate of drug-likeness (QED) is 0.466. The Bertz CT molecular complexity index is 496. The third kappa shape index (κ3) is 3.76. The molecule has 1 aliphatic carbocycles. The minimum Gasteiger partial charge on any atom is -0.370 e. The molecule has 1 aromatic carbocycles. The van der Waals surface area contributed by atoms with E-state index in [-0.39, 0.29) is 29.4 Å². The zero-order chi connectivity index (χ0) is 14.7. The van der Waals surface area contributed by atoms with Gasteiger partial charge in [-0.05, 0) is 37.2 Å². The lowest BCUT2D eigenvalue weighted by Crippen LogP contribution is -2.45. The molecular formula is C18H28IN3. The smallest absolute Gasteiger partial charge is 0.191 e. The summed E-state index contributed by atoms with van der Waals surface area (Å²) in [5.41, 5.74) is 7.92. The van der Waals surface area contributed by atoms with Gasteiger partial charge in [0, 0.05) is 18.5 Å². The van der Waals surface area contributed by atoms with Gasteiger partial charge in [0.25, 0.3) is 0 Å². The fourth-order valence-electron chi connectivity index (χ4n) is 3.66. The molecule has 0 aromatic heterocycles. The molecule has 2 aliphatic rings. The molecule has 0 bridgehead atoms. The van der Waals surface area contributed by atoms with Gasteiger partial charge in [0.2, 0.25) is 0 Å². The third-order valence-corrected chi connectivity index (χ3v) is 5.22. The van der Waals surface area contributed by atoms with Gasteiger partial charge in [-0.1, -0.05) is 43.7 Å². The van der Waals surface area contributed by atoms with E-state index in [0.717, 1.165) is 31.5 Å². The van der Waals surface area contributed by atoms with Crippen molar-refractivity contribution in [1.82, 2.24) is 4.90 Å². The van der Waals surface area contributed by atoms with Crippen molar-refractivity contribution in [2.24, 2.45) is 16.6 Å². The molecule has 22 heavy (non-hydrogen) atoms. The van der Waals surface area contributed by atoms with Crippen molar-refractivity contribution in [2.75, 3.05) is 19.6 Å². The molecule has 1 saturated carbocycles. The van der Waals surface area contributed by atoms with Gasteiger partial charge in [-0.3, -0.25) is 4.99 Å². The monoisotopic (exact) mass is 413 g/mol. The van der Waals surface area contributed by atoms with E-state index in [1.165, 1.54) is 37.7 Å². The van der Waals surface area contributed by atoms with Crippen molar-refractivity contribution >= 4 is 29.9 Å². The Kier molecular flexibility index (Phi) is 6.12. The average molecular weight is 413 g/mol. The highest BCUT2D eigenvalue weighted by atomic mass is 127. The van der Waals surface area contributed by atoms with E-state index in [2.05, 4.69) is 42.2 Å². The molecule has 1 unspecified atom stereocenters. The molecule has 3 nitrogen and oxygen atoms in total. The summed E-state index contributed by atoms with van der Waals surface area (Å²) in [4.78, 5) is 7.04. The van der Waals surface area contributed by atoms with Crippen LogP contribution >= 0.6 is 24.0 Å². The van der Waals surface area contributed by atoms with Gasteiger partial charge in [-0.25, -0.2) is 0 Å². The number of aliphatic imine (C=N–C) groups is 1. The lowest BCUT2D eigenvalue weighted by molar-refractivity contribution is 0.247. The number of hydrogen-bond acceptors (Lipinski definition) is 1. The maximum absolute atomic E-state index is 6.25. The lowest BCUT2D eigenvalue weighted by atomic mass is 9.64. The first-order chi connectivity index (χ1) is 10.2. The van der Waals surface area contributed by atoms with E-state index < -0.39 is 0 Å². The summed E-state index contributed by atoms with van der Waals surface area (Å²) in [6.07, 6.45) is 6.35. The van der Waals surface area contributed by atoms with Gasteiger partial charge in [0.1, 0.15) is 0 Å². The van der Waals surface area contributed by atoms with Gasteiger partial charge in [-0.2, -0.15) is 0 Å².